The molecule has 15 heavy (non-hydrogen) atoms. The first kappa shape index (κ1) is 11.9. The van der Waals surface area contributed by atoms with E-state index in [-0.39, 0.29) is 24.7 Å². The van der Waals surface area contributed by atoms with Gasteiger partial charge in [-0.25, -0.2) is 4.79 Å². The molecule has 6 heteroatoms. The van der Waals surface area contributed by atoms with E-state index in [9.17, 15) is 9.59 Å². The fraction of sp³-hybridized carbons (Fsp3) is 0.778. The van der Waals surface area contributed by atoms with E-state index in [0.29, 0.717) is 13.0 Å². The third-order valence-corrected chi connectivity index (χ3v) is 2.27. The van der Waals surface area contributed by atoms with E-state index in [0.717, 1.165) is 0 Å². The number of amides is 1. The van der Waals surface area contributed by atoms with Gasteiger partial charge in [-0.2, -0.15) is 0 Å². The summed E-state index contributed by atoms with van der Waals surface area (Å²) in [5.41, 5.74) is 0. The third kappa shape index (κ3) is 3.49. The molecule has 0 bridgehead atoms. The lowest BCUT2D eigenvalue weighted by molar-refractivity contribution is -0.144. The lowest BCUT2D eigenvalue weighted by Crippen LogP contribution is -2.39. The first-order valence-corrected chi connectivity index (χ1v) is 4.78. The van der Waals surface area contributed by atoms with Crippen molar-refractivity contribution in [2.75, 3.05) is 27.2 Å². The zero-order valence-corrected chi connectivity index (χ0v) is 8.90. The molecule has 0 saturated carbocycles. The molecule has 0 aromatic carbocycles. The van der Waals surface area contributed by atoms with Gasteiger partial charge in [-0.1, -0.05) is 0 Å². The van der Waals surface area contributed by atoms with Crippen LogP contribution in [-0.2, 0) is 14.3 Å². The molecule has 0 radical (unpaired) electrons. The molecule has 6 nitrogen and oxygen atoms in total. The molecular formula is C9H16N2O4. The minimum absolute atomic E-state index is 0.00331. The Hall–Kier alpha value is -1.14. The minimum atomic E-state index is -0.989. The van der Waals surface area contributed by atoms with Crippen molar-refractivity contribution in [3.8, 4) is 0 Å². The fourth-order valence-corrected chi connectivity index (χ4v) is 1.52. The van der Waals surface area contributed by atoms with Crippen LogP contribution in [-0.4, -0.2) is 61.3 Å². The normalized spacial score (nSPS) is 25.2. The number of likely N-dealkylation sites (N-methyl/N-ethyl adjacent to an activating group) is 1. The molecule has 0 aliphatic carbocycles. The third-order valence-electron chi connectivity index (χ3n) is 2.27. The van der Waals surface area contributed by atoms with Gasteiger partial charge in [0.2, 0.25) is 5.91 Å². The molecule has 1 fully saturated rings. The van der Waals surface area contributed by atoms with E-state index < -0.39 is 5.97 Å². The summed E-state index contributed by atoms with van der Waals surface area (Å²) in [4.78, 5) is 23.3. The van der Waals surface area contributed by atoms with Gasteiger partial charge in [0.15, 0.2) is 0 Å². The topological polar surface area (TPSA) is 78.9 Å². The Labute approximate surface area is 88.2 Å². The van der Waals surface area contributed by atoms with E-state index in [1.54, 1.807) is 14.1 Å². The van der Waals surface area contributed by atoms with Crippen molar-refractivity contribution < 1.29 is 19.4 Å². The highest BCUT2D eigenvalue weighted by molar-refractivity contribution is 5.81. The number of carbonyl (C=O) groups is 2. The zero-order valence-electron chi connectivity index (χ0n) is 8.90. The van der Waals surface area contributed by atoms with Crippen molar-refractivity contribution in [3.05, 3.63) is 0 Å². The second-order valence-electron chi connectivity index (χ2n) is 3.76. The maximum Gasteiger partial charge on any atom is 0.329 e. The van der Waals surface area contributed by atoms with Gasteiger partial charge in [0, 0.05) is 20.6 Å². The largest absolute Gasteiger partial charge is 0.480 e. The molecule has 0 aromatic rings. The van der Waals surface area contributed by atoms with Crippen molar-refractivity contribution >= 4 is 11.9 Å². The predicted octanol–water partition coefficient (Wildman–Crippen LogP) is -1.09. The zero-order chi connectivity index (χ0) is 11.4. The Balaban J connectivity index is 2.32. The molecular weight excluding hydrogens is 200 g/mol. The molecule has 1 rings (SSSR count). The molecule has 1 heterocycles. The van der Waals surface area contributed by atoms with Crippen LogP contribution in [0.4, 0.5) is 0 Å². The van der Waals surface area contributed by atoms with Crippen LogP contribution in [0.1, 0.15) is 6.42 Å². The van der Waals surface area contributed by atoms with E-state index in [4.69, 9.17) is 9.84 Å². The average Bonchev–Trinajstić information content (AvgIpc) is 2.61. The van der Waals surface area contributed by atoms with E-state index in [1.807, 2.05) is 0 Å². The van der Waals surface area contributed by atoms with E-state index >= 15 is 0 Å². The number of carbonyl (C=O) groups excluding carboxylic acids is 1. The molecule has 1 saturated heterocycles. The van der Waals surface area contributed by atoms with Gasteiger partial charge in [-0.3, -0.25) is 4.79 Å². The summed E-state index contributed by atoms with van der Waals surface area (Å²) in [5.74, 6) is -0.992. The van der Waals surface area contributed by atoms with Gasteiger partial charge in [0.05, 0.1) is 12.1 Å². The van der Waals surface area contributed by atoms with Crippen LogP contribution >= 0.6 is 0 Å². The summed E-state index contributed by atoms with van der Waals surface area (Å²) in [5, 5.41) is 11.4. The first-order valence-electron chi connectivity index (χ1n) is 4.78. The summed E-state index contributed by atoms with van der Waals surface area (Å²) >= 11 is 0. The summed E-state index contributed by atoms with van der Waals surface area (Å²) in [6.45, 7) is 0.215. The lowest BCUT2D eigenvalue weighted by Gasteiger charge is -2.15. The van der Waals surface area contributed by atoms with Crippen molar-refractivity contribution in [3.63, 3.8) is 0 Å². The number of rotatable bonds is 4. The maximum atomic E-state index is 11.5. The number of hydrogen-bond acceptors (Lipinski definition) is 4. The highest BCUT2D eigenvalue weighted by atomic mass is 16.5. The second-order valence-corrected chi connectivity index (χ2v) is 3.76. The summed E-state index contributed by atoms with van der Waals surface area (Å²) in [7, 11) is 3.38. The smallest absolute Gasteiger partial charge is 0.329 e. The van der Waals surface area contributed by atoms with Crippen molar-refractivity contribution in [2.45, 2.75) is 18.6 Å². The van der Waals surface area contributed by atoms with E-state index in [1.165, 1.54) is 4.90 Å². The van der Waals surface area contributed by atoms with Gasteiger partial charge in [-0.15, -0.1) is 0 Å². The molecule has 0 unspecified atom stereocenters. The second kappa shape index (κ2) is 5.09. The van der Waals surface area contributed by atoms with Crippen molar-refractivity contribution in [2.24, 2.45) is 0 Å². The number of nitrogens with one attached hydrogen (secondary N) is 1. The number of ether oxygens (including phenoxy) is 1. The van der Waals surface area contributed by atoms with Gasteiger partial charge >= 0.3 is 5.97 Å². The average molecular weight is 216 g/mol. The van der Waals surface area contributed by atoms with Gasteiger partial charge in [0.25, 0.3) is 0 Å². The van der Waals surface area contributed by atoms with Crippen LogP contribution in [0.2, 0.25) is 0 Å². The van der Waals surface area contributed by atoms with Crippen LogP contribution in [0, 0.1) is 0 Å². The Morgan fingerprint density at radius 3 is 2.73 bits per heavy atom. The molecule has 2 N–H and O–H groups in total. The highest BCUT2D eigenvalue weighted by Crippen LogP contribution is 2.11. The van der Waals surface area contributed by atoms with Crippen LogP contribution in [0.15, 0.2) is 0 Å². The van der Waals surface area contributed by atoms with Gasteiger partial charge in [-0.05, 0) is 6.42 Å². The van der Waals surface area contributed by atoms with E-state index in [2.05, 4.69) is 5.32 Å². The summed E-state index contributed by atoms with van der Waals surface area (Å²) in [6.07, 6.45) is 0.347. The predicted molar refractivity (Wildman–Crippen MR) is 52.5 cm³/mol. The van der Waals surface area contributed by atoms with Gasteiger partial charge in [0.1, 0.15) is 6.61 Å². The van der Waals surface area contributed by atoms with Crippen LogP contribution in [0.25, 0.3) is 0 Å². The molecule has 2 atom stereocenters. The molecule has 1 aliphatic rings. The fourth-order valence-electron chi connectivity index (χ4n) is 1.52. The quantitative estimate of drug-likeness (QED) is 0.624. The van der Waals surface area contributed by atoms with Crippen LogP contribution in [0.5, 0.6) is 0 Å². The van der Waals surface area contributed by atoms with Crippen molar-refractivity contribution in [1.29, 1.82) is 0 Å². The number of carboxylic acid groups (broad SMARTS) is 1. The first-order chi connectivity index (χ1) is 7.00. The lowest BCUT2D eigenvalue weighted by atomic mass is 10.2. The highest BCUT2D eigenvalue weighted by Gasteiger charge is 2.30. The number of carboxylic acids is 1. The number of aliphatic carboxylic acids is 1. The molecule has 0 aromatic heterocycles. The Morgan fingerprint density at radius 1 is 1.53 bits per heavy atom. The molecule has 1 aliphatic heterocycles. The number of nitrogens with zero attached hydrogens (tertiary/aromatic N) is 1. The van der Waals surface area contributed by atoms with Gasteiger partial charge < -0.3 is 20.1 Å². The standard InChI is InChI=1S/C9H16N2O4/c1-11(2)9(14)7-3-6(4-10-7)15-5-8(12)13/h6-7,10H,3-5H2,1-2H3,(H,12,13)/t6-,7-/m0/s1. The Kier molecular flexibility index (Phi) is 4.05. The van der Waals surface area contributed by atoms with Crippen molar-refractivity contribution in [1.82, 2.24) is 10.2 Å². The Morgan fingerprint density at radius 2 is 2.20 bits per heavy atom. The SMILES string of the molecule is CN(C)C(=O)[C@@H]1C[C@H](OCC(=O)O)CN1. The maximum absolute atomic E-state index is 11.5. The molecule has 0 spiro atoms. The van der Waals surface area contributed by atoms with Crippen LogP contribution in [0.3, 0.4) is 0 Å². The minimum Gasteiger partial charge on any atom is -0.480 e. The molecule has 86 valence electrons. The summed E-state index contributed by atoms with van der Waals surface area (Å²) in [6, 6.07) is -0.251. The Bertz CT molecular complexity index is 254. The summed E-state index contributed by atoms with van der Waals surface area (Å²) < 4.78 is 5.09. The van der Waals surface area contributed by atoms with Crippen LogP contribution < -0.4 is 5.32 Å². The monoisotopic (exact) mass is 216 g/mol. The number of hydrogen-bond donors (Lipinski definition) is 2. The molecule has 1 amide bonds.